The zero-order valence-corrected chi connectivity index (χ0v) is 22.2. The van der Waals surface area contributed by atoms with E-state index in [0.29, 0.717) is 20.2 Å². The molecule has 0 bridgehead atoms. The summed E-state index contributed by atoms with van der Waals surface area (Å²) in [6, 6.07) is 32.1. The Kier molecular flexibility index (Phi) is 6.66. The van der Waals surface area contributed by atoms with Gasteiger partial charge in [0.2, 0.25) is 20.2 Å². The van der Waals surface area contributed by atoms with Gasteiger partial charge in [-0.1, -0.05) is 91.0 Å². The van der Waals surface area contributed by atoms with E-state index in [1.165, 1.54) is 48.1 Å². The summed E-state index contributed by atoms with van der Waals surface area (Å²) in [5.41, 5.74) is 7.62. The molecule has 0 spiro atoms. The van der Waals surface area contributed by atoms with Crippen molar-refractivity contribution in [1.82, 2.24) is 0 Å². The molecule has 7 rings (SSSR count). The minimum atomic E-state index is 0.645. The summed E-state index contributed by atoms with van der Waals surface area (Å²) in [4.78, 5) is 4.18. The first-order chi connectivity index (χ1) is 19.3. The van der Waals surface area contributed by atoms with E-state index >= 15 is 0 Å². The van der Waals surface area contributed by atoms with Crippen LogP contribution in [0.3, 0.4) is 0 Å². The molecule has 4 aromatic rings. The number of quaternary nitrogens is 3. The highest BCUT2D eigenvalue weighted by Crippen LogP contribution is 2.45. The topological polar surface area (TPSA) is 41.0 Å². The highest BCUT2D eigenvalue weighted by molar-refractivity contribution is 5.63. The Morgan fingerprint density at radius 3 is 0.974 bits per heavy atom. The average molecular weight is 523 g/mol. The van der Waals surface area contributed by atoms with E-state index < -0.39 is 0 Å². The Bertz CT molecular complexity index is 1230. The van der Waals surface area contributed by atoms with Gasteiger partial charge in [-0.2, -0.15) is 0 Å². The van der Waals surface area contributed by atoms with Gasteiger partial charge < -0.3 is 14.2 Å². The second-order valence-corrected chi connectivity index (χ2v) is 11.1. The van der Waals surface area contributed by atoms with Gasteiger partial charge in [0, 0.05) is 16.7 Å². The smallest absolute Gasteiger partial charge is 0.223 e. The quantitative estimate of drug-likeness (QED) is 0.360. The molecule has 3 N–H and O–H groups in total. The van der Waals surface area contributed by atoms with E-state index in [9.17, 15) is 0 Å². The molecule has 6 heteroatoms. The Balaban J connectivity index is 1.21. The van der Waals surface area contributed by atoms with Crippen molar-refractivity contribution >= 4 is 0 Å². The maximum Gasteiger partial charge on any atom is 0.223 e. The van der Waals surface area contributed by atoms with Gasteiger partial charge in [0.25, 0.3) is 0 Å². The maximum absolute atomic E-state index is 6.58. The van der Waals surface area contributed by atoms with E-state index in [-0.39, 0.29) is 0 Å². The lowest BCUT2D eigenvalue weighted by Gasteiger charge is -2.37. The van der Waals surface area contributed by atoms with Crippen molar-refractivity contribution < 1.29 is 28.9 Å². The van der Waals surface area contributed by atoms with Crippen molar-refractivity contribution in [3.8, 4) is 17.2 Å². The molecule has 4 aromatic carbocycles. The van der Waals surface area contributed by atoms with Crippen LogP contribution in [-0.2, 0) is 39.3 Å². The molecule has 3 aliphatic rings. The molecule has 0 amide bonds. The van der Waals surface area contributed by atoms with Crippen LogP contribution < -0.4 is 28.9 Å². The van der Waals surface area contributed by atoms with Gasteiger partial charge >= 0.3 is 0 Å². The summed E-state index contributed by atoms with van der Waals surface area (Å²) in [5, 5.41) is 0. The highest BCUT2D eigenvalue weighted by Gasteiger charge is 2.40. The molecule has 198 valence electrons. The van der Waals surface area contributed by atoms with Crippen LogP contribution in [0, 0.1) is 0 Å². The molecule has 6 nitrogen and oxygen atoms in total. The highest BCUT2D eigenvalue weighted by atomic mass is 16.5. The molecule has 0 saturated carbocycles. The summed E-state index contributed by atoms with van der Waals surface area (Å²) in [5.74, 6) is 2.99. The number of benzene rings is 4. The minimum Gasteiger partial charge on any atom is -0.444 e. The predicted molar refractivity (Wildman–Crippen MR) is 147 cm³/mol. The molecule has 3 aliphatic heterocycles. The minimum absolute atomic E-state index is 0.645. The fraction of sp³-hybridized carbons (Fsp3) is 0.273. The fourth-order valence-electron chi connectivity index (χ4n) is 6.28. The Morgan fingerprint density at radius 2 is 0.692 bits per heavy atom. The van der Waals surface area contributed by atoms with Gasteiger partial charge in [-0.25, -0.2) is 0 Å². The van der Waals surface area contributed by atoms with Crippen molar-refractivity contribution in [3.05, 3.63) is 124 Å². The monoisotopic (exact) mass is 522 g/mol. The molecule has 0 aromatic heterocycles. The normalized spacial score (nSPS) is 21.4. The van der Waals surface area contributed by atoms with E-state index in [0.717, 1.165) is 56.5 Å². The van der Waals surface area contributed by atoms with Crippen molar-refractivity contribution in [3.63, 3.8) is 0 Å². The van der Waals surface area contributed by atoms with Crippen LogP contribution in [0.1, 0.15) is 33.4 Å². The van der Waals surface area contributed by atoms with Crippen molar-refractivity contribution in [2.24, 2.45) is 0 Å². The van der Waals surface area contributed by atoms with Crippen molar-refractivity contribution in [2.45, 2.75) is 39.3 Å². The Labute approximate surface area is 229 Å². The van der Waals surface area contributed by atoms with E-state index in [4.69, 9.17) is 14.2 Å². The van der Waals surface area contributed by atoms with Crippen LogP contribution in [0.2, 0.25) is 0 Å². The van der Waals surface area contributed by atoms with Crippen molar-refractivity contribution in [1.29, 1.82) is 0 Å². The van der Waals surface area contributed by atoms with E-state index in [1.54, 1.807) is 0 Å². The van der Waals surface area contributed by atoms with Crippen LogP contribution in [0.15, 0.2) is 91.0 Å². The molecule has 0 fully saturated rings. The SMILES string of the molecule is c1ccc(C[NH+]2COc3c(c4c(c5c3C[NH+](Cc3ccccc3)CO5)C[NH+](Cc3ccccc3)CO4)C2)cc1. The molecule has 3 atom stereocenters. The zero-order valence-electron chi connectivity index (χ0n) is 22.2. The Hall–Kier alpha value is -3.84. The number of hydrogen-bond acceptors (Lipinski definition) is 3. The first kappa shape index (κ1) is 24.2. The first-order valence-electron chi connectivity index (χ1n) is 14.0. The standard InChI is InChI=1S/C33H33N3O3/c1-4-10-25(11-5-1)16-34-19-28-31(37-22-34)29-20-35(17-26-12-6-2-7-13-26)24-39-33(29)30-21-36(23-38-32(28)30)18-27-14-8-3-9-15-27/h1-15H,16-24H2/p+3. The van der Waals surface area contributed by atoms with Crippen molar-refractivity contribution in [2.75, 3.05) is 20.2 Å². The fourth-order valence-corrected chi connectivity index (χ4v) is 6.28. The first-order valence-corrected chi connectivity index (χ1v) is 14.0. The third-order valence-electron chi connectivity index (χ3n) is 8.08. The maximum atomic E-state index is 6.58. The number of fused-ring (bicyclic) bond motifs is 6. The molecular formula is C33H36N3O3+3. The van der Waals surface area contributed by atoms with Crippen LogP contribution in [0.4, 0.5) is 0 Å². The number of ether oxygens (including phenoxy) is 3. The summed E-state index contributed by atoms with van der Waals surface area (Å²) in [6.45, 7) is 7.40. The summed E-state index contributed by atoms with van der Waals surface area (Å²) < 4.78 is 19.7. The largest absolute Gasteiger partial charge is 0.444 e. The van der Waals surface area contributed by atoms with Gasteiger partial charge in [0.15, 0.2) is 17.2 Å². The second-order valence-electron chi connectivity index (χ2n) is 11.1. The Morgan fingerprint density at radius 1 is 0.410 bits per heavy atom. The molecule has 39 heavy (non-hydrogen) atoms. The number of hydrogen-bond donors (Lipinski definition) is 3. The average Bonchev–Trinajstić information content (AvgIpc) is 2.99. The zero-order chi connectivity index (χ0) is 26.0. The molecule has 0 radical (unpaired) electrons. The molecule has 0 saturated heterocycles. The number of nitrogens with one attached hydrogen (secondary N) is 3. The van der Waals surface area contributed by atoms with Gasteiger partial charge in [-0.05, 0) is 0 Å². The van der Waals surface area contributed by atoms with Gasteiger partial charge in [-0.15, -0.1) is 0 Å². The third kappa shape index (κ3) is 5.11. The van der Waals surface area contributed by atoms with E-state index in [2.05, 4.69) is 91.0 Å². The second kappa shape index (κ2) is 10.7. The molecule has 3 heterocycles. The van der Waals surface area contributed by atoms with Crippen LogP contribution in [0.25, 0.3) is 0 Å². The lowest BCUT2D eigenvalue weighted by Crippen LogP contribution is -3.12. The lowest BCUT2D eigenvalue weighted by molar-refractivity contribution is -0.950. The lowest BCUT2D eigenvalue weighted by atomic mass is 9.96. The number of rotatable bonds is 6. The van der Waals surface area contributed by atoms with Crippen LogP contribution in [0.5, 0.6) is 17.2 Å². The molecule has 0 aliphatic carbocycles. The summed E-state index contributed by atoms with van der Waals surface area (Å²) in [6.07, 6.45) is 0. The summed E-state index contributed by atoms with van der Waals surface area (Å²) in [7, 11) is 0. The predicted octanol–water partition coefficient (Wildman–Crippen LogP) is 1.49. The van der Waals surface area contributed by atoms with Crippen LogP contribution >= 0.6 is 0 Å². The van der Waals surface area contributed by atoms with Gasteiger partial charge in [0.1, 0.15) is 39.3 Å². The third-order valence-corrected chi connectivity index (χ3v) is 8.08. The molecule has 3 unspecified atom stereocenters. The van der Waals surface area contributed by atoms with Crippen LogP contribution in [-0.4, -0.2) is 20.2 Å². The van der Waals surface area contributed by atoms with E-state index in [1.807, 2.05) is 0 Å². The molecular weight excluding hydrogens is 486 g/mol. The van der Waals surface area contributed by atoms with Gasteiger partial charge in [-0.3, -0.25) is 14.7 Å². The van der Waals surface area contributed by atoms with Gasteiger partial charge in [0.05, 0.1) is 16.7 Å². The summed E-state index contributed by atoms with van der Waals surface area (Å²) >= 11 is 0.